The van der Waals surface area contributed by atoms with Crippen LogP contribution in [0.5, 0.6) is 11.5 Å². The average Bonchev–Trinajstić information content (AvgIpc) is 3.17. The summed E-state index contributed by atoms with van der Waals surface area (Å²) in [5.41, 5.74) is -0.791. The zero-order chi connectivity index (χ0) is 29.2. The fraction of sp³-hybridized carbons (Fsp3) is 0.600. The van der Waals surface area contributed by atoms with Crippen molar-refractivity contribution in [2.45, 2.75) is 71.5 Å². The van der Waals surface area contributed by atoms with Gasteiger partial charge in [0, 0.05) is 32.4 Å². The Labute approximate surface area is 225 Å². The van der Waals surface area contributed by atoms with Crippen LogP contribution in [0.25, 0.3) is 0 Å². The number of hydroxylamine groups is 2. The second kappa shape index (κ2) is 14.3. The van der Waals surface area contributed by atoms with E-state index < -0.39 is 34.7 Å². The summed E-state index contributed by atoms with van der Waals surface area (Å²) in [6.07, 6.45) is -1.58. The first-order valence-electron chi connectivity index (χ1n) is 12.5. The highest BCUT2D eigenvalue weighted by Crippen LogP contribution is 2.38. The minimum Gasteiger partial charge on any atom is -0.493 e. The van der Waals surface area contributed by atoms with Gasteiger partial charge in [-0.1, -0.05) is 5.06 Å². The number of nitro benzene ring substituents is 1. The Hall–Kier alpha value is -3.94. The highest BCUT2D eigenvalue weighted by Gasteiger charge is 2.34. The monoisotopic (exact) mass is 553 g/mol. The molecule has 1 aliphatic rings. The number of amides is 3. The van der Waals surface area contributed by atoms with E-state index in [1.807, 2.05) is 20.8 Å². The van der Waals surface area contributed by atoms with E-state index in [1.165, 1.54) is 20.1 Å². The maximum Gasteiger partial charge on any atom is 0.534 e. The van der Waals surface area contributed by atoms with Crippen LogP contribution < -0.4 is 14.8 Å². The third-order valence-corrected chi connectivity index (χ3v) is 5.78. The number of imide groups is 1. The fourth-order valence-electron chi connectivity index (χ4n) is 3.75. The molecular weight excluding hydrogens is 518 g/mol. The van der Waals surface area contributed by atoms with Crippen molar-refractivity contribution < 1.29 is 47.9 Å². The molecule has 0 radical (unpaired) electrons. The Bertz CT molecular complexity index is 1060. The van der Waals surface area contributed by atoms with E-state index in [4.69, 9.17) is 18.9 Å². The molecule has 0 aromatic heterocycles. The van der Waals surface area contributed by atoms with Crippen molar-refractivity contribution in [2.75, 3.05) is 26.9 Å². The fourth-order valence-corrected chi connectivity index (χ4v) is 3.75. The quantitative estimate of drug-likeness (QED) is 0.111. The van der Waals surface area contributed by atoms with Crippen LogP contribution in [0.1, 0.15) is 71.5 Å². The summed E-state index contributed by atoms with van der Waals surface area (Å²) in [7, 11) is 1.33. The summed E-state index contributed by atoms with van der Waals surface area (Å²) >= 11 is 0. The molecule has 0 aliphatic carbocycles. The number of methoxy groups -OCH3 is 1. The minimum absolute atomic E-state index is 0.0328. The first-order valence-corrected chi connectivity index (χ1v) is 12.5. The number of hydrogen-bond donors (Lipinski definition) is 1. The lowest BCUT2D eigenvalue weighted by atomic mass is 10.1. The van der Waals surface area contributed by atoms with Crippen LogP contribution in [-0.2, 0) is 28.7 Å². The highest BCUT2D eigenvalue weighted by atomic mass is 16.8. The lowest BCUT2D eigenvalue weighted by Crippen LogP contribution is -2.32. The first-order chi connectivity index (χ1) is 18.4. The van der Waals surface area contributed by atoms with E-state index in [9.17, 15) is 29.3 Å². The molecule has 3 amide bonds. The van der Waals surface area contributed by atoms with Crippen molar-refractivity contribution in [1.29, 1.82) is 0 Å². The molecule has 1 saturated heterocycles. The average molecular weight is 554 g/mol. The molecule has 39 heavy (non-hydrogen) atoms. The second-order valence-corrected chi connectivity index (χ2v) is 9.25. The molecule has 14 nitrogen and oxygen atoms in total. The number of rotatable bonds is 15. The van der Waals surface area contributed by atoms with Gasteiger partial charge in [-0.3, -0.25) is 29.3 Å². The van der Waals surface area contributed by atoms with Crippen molar-refractivity contribution in [1.82, 2.24) is 10.4 Å². The lowest BCUT2D eigenvalue weighted by molar-refractivity contribution is -0.386. The third kappa shape index (κ3) is 9.39. The van der Waals surface area contributed by atoms with E-state index >= 15 is 0 Å². The van der Waals surface area contributed by atoms with E-state index in [-0.39, 0.29) is 54.4 Å². The lowest BCUT2D eigenvalue weighted by Gasteiger charge is -2.24. The molecule has 0 spiro atoms. The number of hydrogen-bond acceptors (Lipinski definition) is 11. The van der Waals surface area contributed by atoms with Crippen LogP contribution >= 0.6 is 0 Å². The predicted molar refractivity (Wildman–Crippen MR) is 135 cm³/mol. The van der Waals surface area contributed by atoms with Gasteiger partial charge < -0.3 is 24.3 Å². The van der Waals surface area contributed by atoms with Gasteiger partial charge in [0.1, 0.15) is 6.10 Å². The number of carbonyl (C=O) groups excluding carboxylic acids is 4. The zero-order valence-electron chi connectivity index (χ0n) is 22.8. The third-order valence-electron chi connectivity index (χ3n) is 5.78. The van der Waals surface area contributed by atoms with Gasteiger partial charge in [-0.15, -0.1) is 0 Å². The van der Waals surface area contributed by atoms with Crippen LogP contribution in [-0.4, -0.2) is 66.3 Å². The Morgan fingerprint density at radius 2 is 1.85 bits per heavy atom. The molecule has 1 unspecified atom stereocenters. The Balaban J connectivity index is 1.96. The van der Waals surface area contributed by atoms with Crippen LogP contribution in [0.2, 0.25) is 0 Å². The summed E-state index contributed by atoms with van der Waals surface area (Å²) in [5.74, 6) is -1.35. The molecule has 0 saturated carbocycles. The van der Waals surface area contributed by atoms with Crippen LogP contribution in [0.15, 0.2) is 12.1 Å². The maximum atomic E-state index is 12.1. The van der Waals surface area contributed by atoms with Crippen LogP contribution in [0.3, 0.4) is 0 Å². The molecule has 1 atom stereocenters. The molecule has 1 aliphatic heterocycles. The topological polar surface area (TPSA) is 173 Å². The van der Waals surface area contributed by atoms with Crippen LogP contribution in [0, 0.1) is 10.1 Å². The SMILES string of the molecule is CCOC(C)(C)CCNC(=O)CCCOc1cc([N+](=O)[O-])c(C(C)OC(=O)ON2C(=O)CCC2=O)cc1OC. The summed E-state index contributed by atoms with van der Waals surface area (Å²) in [5, 5.41) is 14.9. The molecule has 1 N–H and O–H groups in total. The molecule has 14 heteroatoms. The van der Waals surface area contributed by atoms with Crippen molar-refractivity contribution in [3.05, 3.63) is 27.8 Å². The van der Waals surface area contributed by atoms with Crippen LogP contribution in [0.4, 0.5) is 10.5 Å². The van der Waals surface area contributed by atoms with Gasteiger partial charge in [0.2, 0.25) is 5.91 Å². The predicted octanol–water partition coefficient (Wildman–Crippen LogP) is 3.36. The van der Waals surface area contributed by atoms with Gasteiger partial charge in [-0.05, 0) is 46.6 Å². The molecule has 2 rings (SSSR count). The van der Waals surface area contributed by atoms with Gasteiger partial charge in [0.25, 0.3) is 17.5 Å². The maximum absolute atomic E-state index is 12.1. The summed E-state index contributed by atoms with van der Waals surface area (Å²) in [6, 6.07) is 2.41. The Morgan fingerprint density at radius 1 is 1.18 bits per heavy atom. The standard InChI is InChI=1S/C25H35N3O11/c1-6-37-25(3,4)11-12-26-21(29)8-7-13-36-20-15-18(28(33)34)17(14-19(20)35-5)16(2)38-24(32)39-27-22(30)9-10-23(27)31/h14-16H,6-13H2,1-5H3,(H,26,29). The van der Waals surface area contributed by atoms with Crippen molar-refractivity contribution in [2.24, 2.45) is 0 Å². The number of nitrogens with one attached hydrogen (secondary N) is 1. The number of nitrogens with zero attached hydrogens (tertiary/aromatic N) is 2. The molecule has 1 aromatic rings. The van der Waals surface area contributed by atoms with Crippen molar-refractivity contribution in [3.63, 3.8) is 0 Å². The van der Waals surface area contributed by atoms with Crippen molar-refractivity contribution in [3.8, 4) is 11.5 Å². The van der Waals surface area contributed by atoms with Gasteiger partial charge in [0.15, 0.2) is 11.5 Å². The largest absolute Gasteiger partial charge is 0.534 e. The van der Waals surface area contributed by atoms with Gasteiger partial charge >= 0.3 is 6.16 Å². The number of nitro groups is 1. The zero-order valence-corrected chi connectivity index (χ0v) is 22.8. The molecule has 1 heterocycles. The normalized spacial score (nSPS) is 14.1. The van der Waals surface area contributed by atoms with Gasteiger partial charge in [0.05, 0.1) is 35.9 Å². The highest BCUT2D eigenvalue weighted by molar-refractivity contribution is 6.01. The first kappa shape index (κ1) is 31.3. The molecule has 1 aromatic carbocycles. The number of carbonyl (C=O) groups is 4. The van der Waals surface area contributed by atoms with E-state index in [1.54, 1.807) is 0 Å². The number of ether oxygens (including phenoxy) is 4. The number of benzene rings is 1. The molecule has 0 bridgehead atoms. The Morgan fingerprint density at radius 3 is 2.44 bits per heavy atom. The minimum atomic E-state index is -1.38. The van der Waals surface area contributed by atoms with Gasteiger partial charge in [-0.25, -0.2) is 4.79 Å². The summed E-state index contributed by atoms with van der Waals surface area (Å²) in [6.45, 7) is 8.30. The van der Waals surface area contributed by atoms with E-state index in [0.717, 1.165) is 6.07 Å². The molecular formula is C25H35N3O11. The molecule has 1 fully saturated rings. The van der Waals surface area contributed by atoms with E-state index in [2.05, 4.69) is 10.2 Å². The molecule has 216 valence electrons. The Kier molecular flexibility index (Phi) is 11.5. The summed E-state index contributed by atoms with van der Waals surface area (Å²) in [4.78, 5) is 63.1. The van der Waals surface area contributed by atoms with E-state index in [0.29, 0.717) is 31.1 Å². The summed E-state index contributed by atoms with van der Waals surface area (Å²) < 4.78 is 21.6. The van der Waals surface area contributed by atoms with Gasteiger partial charge in [-0.2, -0.15) is 0 Å². The smallest absolute Gasteiger partial charge is 0.493 e. The second-order valence-electron chi connectivity index (χ2n) is 9.25. The van der Waals surface area contributed by atoms with Crippen molar-refractivity contribution >= 4 is 29.6 Å².